The number of carbonyl (C=O) groups excluding carboxylic acids is 1. The maximum atomic E-state index is 10.6. The molecular formula is C11H15NO2. The van der Waals surface area contributed by atoms with E-state index in [-0.39, 0.29) is 18.4 Å². The fourth-order valence-electron chi connectivity index (χ4n) is 1.15. The Hall–Kier alpha value is -1.35. The van der Waals surface area contributed by atoms with Gasteiger partial charge in [0.2, 0.25) is 5.91 Å². The second kappa shape index (κ2) is 5.40. The summed E-state index contributed by atoms with van der Waals surface area (Å²) in [5, 5.41) is 0. The van der Waals surface area contributed by atoms with Gasteiger partial charge < -0.3 is 10.5 Å². The highest BCUT2D eigenvalue weighted by molar-refractivity contribution is 5.74. The first-order chi connectivity index (χ1) is 6.68. The lowest BCUT2D eigenvalue weighted by molar-refractivity contribution is -0.120. The van der Waals surface area contributed by atoms with Crippen molar-refractivity contribution in [1.29, 1.82) is 0 Å². The van der Waals surface area contributed by atoms with Gasteiger partial charge in [-0.3, -0.25) is 4.79 Å². The molecule has 0 fully saturated rings. The van der Waals surface area contributed by atoms with Crippen molar-refractivity contribution in [2.75, 3.05) is 0 Å². The molecular weight excluding hydrogens is 178 g/mol. The number of hydrogen-bond acceptors (Lipinski definition) is 2. The van der Waals surface area contributed by atoms with Crippen LogP contribution >= 0.6 is 0 Å². The number of rotatable bonds is 5. The zero-order valence-corrected chi connectivity index (χ0v) is 8.27. The largest absolute Gasteiger partial charge is 0.373 e. The molecule has 1 unspecified atom stereocenters. The Kier molecular flexibility index (Phi) is 4.13. The molecule has 0 saturated heterocycles. The van der Waals surface area contributed by atoms with Crippen LogP contribution in [0.2, 0.25) is 0 Å². The van der Waals surface area contributed by atoms with Crippen molar-refractivity contribution in [1.82, 2.24) is 0 Å². The molecule has 14 heavy (non-hydrogen) atoms. The highest BCUT2D eigenvalue weighted by Gasteiger charge is 2.05. The summed E-state index contributed by atoms with van der Waals surface area (Å²) in [7, 11) is 0. The smallest absolute Gasteiger partial charge is 0.220 e. The fraction of sp³-hybridized carbons (Fsp3) is 0.364. The van der Waals surface area contributed by atoms with Crippen molar-refractivity contribution >= 4 is 5.91 Å². The van der Waals surface area contributed by atoms with Crippen molar-refractivity contribution in [3.8, 4) is 0 Å². The van der Waals surface area contributed by atoms with Crippen LogP contribution < -0.4 is 5.73 Å². The van der Waals surface area contributed by atoms with Gasteiger partial charge in [0.05, 0.1) is 19.1 Å². The molecule has 0 heterocycles. The van der Waals surface area contributed by atoms with E-state index in [1.54, 1.807) is 0 Å². The molecule has 0 aliphatic heterocycles. The SMILES string of the molecule is CC(CC(N)=O)OCc1ccccc1. The maximum Gasteiger partial charge on any atom is 0.220 e. The van der Waals surface area contributed by atoms with Gasteiger partial charge in [-0.25, -0.2) is 0 Å². The minimum absolute atomic E-state index is 0.118. The van der Waals surface area contributed by atoms with Crippen LogP contribution in [0.3, 0.4) is 0 Å². The van der Waals surface area contributed by atoms with Crippen molar-refractivity contribution < 1.29 is 9.53 Å². The molecule has 0 spiro atoms. The van der Waals surface area contributed by atoms with Crippen LogP contribution in [0.25, 0.3) is 0 Å². The molecule has 0 radical (unpaired) electrons. The van der Waals surface area contributed by atoms with Crippen LogP contribution in [0.5, 0.6) is 0 Å². The summed E-state index contributed by atoms with van der Waals surface area (Å²) in [5.41, 5.74) is 6.14. The minimum atomic E-state index is -0.328. The van der Waals surface area contributed by atoms with E-state index in [9.17, 15) is 4.79 Å². The van der Waals surface area contributed by atoms with Gasteiger partial charge >= 0.3 is 0 Å². The zero-order valence-electron chi connectivity index (χ0n) is 8.27. The molecule has 2 N–H and O–H groups in total. The van der Waals surface area contributed by atoms with Gasteiger partial charge in [0.25, 0.3) is 0 Å². The van der Waals surface area contributed by atoms with E-state index in [1.165, 1.54) is 0 Å². The quantitative estimate of drug-likeness (QED) is 0.769. The molecule has 1 aromatic carbocycles. The van der Waals surface area contributed by atoms with E-state index in [0.717, 1.165) is 5.56 Å². The Morgan fingerprint density at radius 2 is 2.07 bits per heavy atom. The Bertz CT molecular complexity index is 285. The van der Waals surface area contributed by atoms with E-state index < -0.39 is 0 Å². The van der Waals surface area contributed by atoms with Gasteiger partial charge in [0, 0.05) is 0 Å². The molecule has 1 rings (SSSR count). The fourth-order valence-corrected chi connectivity index (χ4v) is 1.15. The molecule has 1 amide bonds. The molecule has 1 aromatic rings. The third kappa shape index (κ3) is 4.05. The standard InChI is InChI=1S/C11H15NO2/c1-9(7-11(12)13)14-8-10-5-3-2-4-6-10/h2-6,9H,7-8H2,1H3,(H2,12,13). The van der Waals surface area contributed by atoms with Gasteiger partial charge in [-0.15, -0.1) is 0 Å². The van der Waals surface area contributed by atoms with E-state index >= 15 is 0 Å². The van der Waals surface area contributed by atoms with Crippen molar-refractivity contribution in [2.24, 2.45) is 5.73 Å². The molecule has 3 nitrogen and oxygen atoms in total. The summed E-state index contributed by atoms with van der Waals surface area (Å²) in [5.74, 6) is -0.328. The van der Waals surface area contributed by atoms with Crippen LogP contribution in [0.4, 0.5) is 0 Å². The molecule has 0 aliphatic rings. The van der Waals surface area contributed by atoms with Crippen LogP contribution in [0.1, 0.15) is 18.9 Å². The highest BCUT2D eigenvalue weighted by Crippen LogP contribution is 2.04. The number of hydrogen-bond donors (Lipinski definition) is 1. The van der Waals surface area contributed by atoms with Gasteiger partial charge in [-0.2, -0.15) is 0 Å². The summed E-state index contributed by atoms with van der Waals surface area (Å²) in [4.78, 5) is 10.6. The van der Waals surface area contributed by atoms with E-state index in [1.807, 2.05) is 37.3 Å². The summed E-state index contributed by atoms with van der Waals surface area (Å²) >= 11 is 0. The minimum Gasteiger partial charge on any atom is -0.373 e. The topological polar surface area (TPSA) is 52.3 Å². The number of ether oxygens (including phenoxy) is 1. The monoisotopic (exact) mass is 193 g/mol. The van der Waals surface area contributed by atoms with Crippen LogP contribution in [-0.4, -0.2) is 12.0 Å². The molecule has 0 aromatic heterocycles. The first-order valence-electron chi connectivity index (χ1n) is 4.62. The van der Waals surface area contributed by atoms with E-state index in [0.29, 0.717) is 6.61 Å². The van der Waals surface area contributed by atoms with Gasteiger partial charge in [-0.05, 0) is 12.5 Å². The lowest BCUT2D eigenvalue weighted by Gasteiger charge is -2.10. The first-order valence-corrected chi connectivity index (χ1v) is 4.62. The van der Waals surface area contributed by atoms with Gasteiger partial charge in [-0.1, -0.05) is 30.3 Å². The molecule has 3 heteroatoms. The predicted octanol–water partition coefficient (Wildman–Crippen LogP) is 1.47. The summed E-state index contributed by atoms with van der Waals surface area (Å²) in [6.45, 7) is 2.36. The highest BCUT2D eigenvalue weighted by atomic mass is 16.5. The third-order valence-electron chi connectivity index (χ3n) is 1.87. The van der Waals surface area contributed by atoms with Gasteiger partial charge in [0.15, 0.2) is 0 Å². The predicted molar refractivity (Wildman–Crippen MR) is 54.5 cm³/mol. The Morgan fingerprint density at radius 1 is 1.43 bits per heavy atom. The van der Waals surface area contributed by atoms with E-state index in [2.05, 4.69) is 0 Å². The average molecular weight is 193 g/mol. The van der Waals surface area contributed by atoms with E-state index in [4.69, 9.17) is 10.5 Å². The first kappa shape index (κ1) is 10.7. The average Bonchev–Trinajstić information content (AvgIpc) is 2.15. The normalized spacial score (nSPS) is 12.4. The zero-order chi connectivity index (χ0) is 10.4. The van der Waals surface area contributed by atoms with Crippen molar-refractivity contribution in [3.63, 3.8) is 0 Å². The summed E-state index contributed by atoms with van der Waals surface area (Å²) < 4.78 is 5.44. The summed E-state index contributed by atoms with van der Waals surface area (Å²) in [6, 6.07) is 9.83. The number of carbonyl (C=O) groups is 1. The second-order valence-corrected chi connectivity index (χ2v) is 3.28. The molecule has 0 bridgehead atoms. The maximum absolute atomic E-state index is 10.6. The Labute approximate surface area is 83.9 Å². The lowest BCUT2D eigenvalue weighted by atomic mass is 10.2. The van der Waals surface area contributed by atoms with Crippen molar-refractivity contribution in [3.05, 3.63) is 35.9 Å². The van der Waals surface area contributed by atoms with Gasteiger partial charge in [0.1, 0.15) is 0 Å². The third-order valence-corrected chi connectivity index (χ3v) is 1.87. The van der Waals surface area contributed by atoms with Crippen LogP contribution in [0.15, 0.2) is 30.3 Å². The number of primary amides is 1. The lowest BCUT2D eigenvalue weighted by Crippen LogP contribution is -2.20. The number of benzene rings is 1. The number of nitrogens with two attached hydrogens (primary N) is 1. The van der Waals surface area contributed by atoms with Crippen molar-refractivity contribution in [2.45, 2.75) is 26.1 Å². The van der Waals surface area contributed by atoms with Crippen LogP contribution in [-0.2, 0) is 16.1 Å². The van der Waals surface area contributed by atoms with Crippen LogP contribution in [0, 0.1) is 0 Å². The molecule has 0 saturated carbocycles. The molecule has 1 atom stereocenters. The second-order valence-electron chi connectivity index (χ2n) is 3.28. The Morgan fingerprint density at radius 3 is 2.64 bits per heavy atom. The Balaban J connectivity index is 2.30. The molecule has 76 valence electrons. The number of amides is 1. The summed E-state index contributed by atoms with van der Waals surface area (Å²) in [6.07, 6.45) is 0.153. The molecule has 0 aliphatic carbocycles.